The molecule has 0 radical (unpaired) electrons. The number of nitriles is 1. The van der Waals surface area contributed by atoms with Gasteiger partial charge in [0, 0.05) is 12.6 Å². The summed E-state index contributed by atoms with van der Waals surface area (Å²) < 4.78 is 0. The number of anilines is 1. The summed E-state index contributed by atoms with van der Waals surface area (Å²) in [7, 11) is 0. The lowest BCUT2D eigenvalue weighted by atomic mass is 9.91. The highest BCUT2D eigenvalue weighted by atomic mass is 16.3. The van der Waals surface area contributed by atoms with Crippen molar-refractivity contribution in [2.45, 2.75) is 25.3 Å². The molecule has 2 N–H and O–H groups in total. The molecule has 1 aliphatic carbocycles. The van der Waals surface area contributed by atoms with Gasteiger partial charge in [0.25, 0.3) is 0 Å². The Labute approximate surface area is 118 Å². The maximum atomic E-state index is 12.1. The number of para-hydroxylation sites is 1. The predicted octanol–water partition coefficient (Wildman–Crippen LogP) is 1.34. The number of hydrogen-bond acceptors (Lipinski definition) is 4. The van der Waals surface area contributed by atoms with E-state index < -0.39 is 0 Å². The molecule has 0 aromatic heterocycles. The number of aliphatic hydroxyl groups is 1. The van der Waals surface area contributed by atoms with Crippen molar-refractivity contribution in [3.05, 3.63) is 29.8 Å². The van der Waals surface area contributed by atoms with Gasteiger partial charge in [0.15, 0.2) is 0 Å². The summed E-state index contributed by atoms with van der Waals surface area (Å²) in [5, 5.41) is 20.8. The van der Waals surface area contributed by atoms with Crippen LogP contribution in [0.3, 0.4) is 0 Å². The lowest BCUT2D eigenvalue weighted by Crippen LogP contribution is -2.45. The molecule has 20 heavy (non-hydrogen) atoms. The zero-order valence-electron chi connectivity index (χ0n) is 11.4. The number of aliphatic hydroxyl groups excluding tert-OH is 1. The first-order valence-electron chi connectivity index (χ1n) is 6.88. The van der Waals surface area contributed by atoms with Crippen LogP contribution in [0.15, 0.2) is 24.3 Å². The summed E-state index contributed by atoms with van der Waals surface area (Å²) in [5.74, 6) is -0.145. The fraction of sp³-hybridized carbons (Fsp3) is 0.467. The molecule has 5 heteroatoms. The Morgan fingerprint density at radius 2 is 2.20 bits per heavy atom. The van der Waals surface area contributed by atoms with E-state index in [1.54, 1.807) is 24.3 Å². The Morgan fingerprint density at radius 3 is 2.80 bits per heavy atom. The second kappa shape index (κ2) is 7.04. The van der Waals surface area contributed by atoms with Gasteiger partial charge in [-0.3, -0.25) is 9.69 Å². The highest BCUT2D eigenvalue weighted by Gasteiger charge is 2.26. The topological polar surface area (TPSA) is 76.4 Å². The number of rotatable bonds is 6. The normalized spacial score (nSPS) is 14.7. The van der Waals surface area contributed by atoms with E-state index in [2.05, 4.69) is 11.4 Å². The second-order valence-corrected chi connectivity index (χ2v) is 4.98. The quantitative estimate of drug-likeness (QED) is 0.820. The lowest BCUT2D eigenvalue weighted by molar-refractivity contribution is -0.118. The Kier molecular flexibility index (Phi) is 5.10. The van der Waals surface area contributed by atoms with Gasteiger partial charge >= 0.3 is 0 Å². The molecule has 106 valence electrons. The van der Waals surface area contributed by atoms with E-state index in [9.17, 15) is 4.79 Å². The third kappa shape index (κ3) is 3.56. The molecule has 2 rings (SSSR count). The monoisotopic (exact) mass is 273 g/mol. The smallest absolute Gasteiger partial charge is 0.238 e. The minimum Gasteiger partial charge on any atom is -0.395 e. The van der Waals surface area contributed by atoms with Gasteiger partial charge in [0.2, 0.25) is 5.91 Å². The minimum absolute atomic E-state index is 0.0541. The SMILES string of the molecule is N#Cc1ccccc1NC(=O)CN(CCO)C1CCC1. The van der Waals surface area contributed by atoms with E-state index in [0.717, 1.165) is 12.8 Å². The van der Waals surface area contributed by atoms with Crippen molar-refractivity contribution in [2.24, 2.45) is 0 Å². The number of carbonyl (C=O) groups excluding carboxylic acids is 1. The molecule has 0 bridgehead atoms. The van der Waals surface area contributed by atoms with Crippen molar-refractivity contribution >= 4 is 11.6 Å². The third-order valence-electron chi connectivity index (χ3n) is 3.65. The number of amides is 1. The Hall–Kier alpha value is -1.90. The Balaban J connectivity index is 1.95. The molecule has 0 atom stereocenters. The van der Waals surface area contributed by atoms with Gasteiger partial charge in [0.05, 0.1) is 24.4 Å². The van der Waals surface area contributed by atoms with Gasteiger partial charge in [-0.05, 0) is 25.0 Å². The molecule has 1 fully saturated rings. The summed E-state index contributed by atoms with van der Waals surface area (Å²) in [6.07, 6.45) is 3.36. The van der Waals surface area contributed by atoms with E-state index >= 15 is 0 Å². The molecule has 0 unspecified atom stereocenters. The van der Waals surface area contributed by atoms with Crippen molar-refractivity contribution in [1.29, 1.82) is 5.26 Å². The van der Waals surface area contributed by atoms with Crippen molar-refractivity contribution in [3.63, 3.8) is 0 Å². The molecule has 1 aromatic carbocycles. The average molecular weight is 273 g/mol. The van der Waals surface area contributed by atoms with Crippen LogP contribution >= 0.6 is 0 Å². The van der Waals surface area contributed by atoms with Crippen molar-refractivity contribution in [2.75, 3.05) is 25.0 Å². The molecule has 0 saturated heterocycles. The first-order valence-corrected chi connectivity index (χ1v) is 6.88. The summed E-state index contributed by atoms with van der Waals surface area (Å²) in [4.78, 5) is 14.1. The standard InChI is InChI=1S/C15H19N3O2/c16-10-12-4-1-2-7-14(12)17-15(20)11-18(8-9-19)13-5-3-6-13/h1-2,4,7,13,19H,3,5-6,8-9,11H2,(H,17,20). The number of nitrogens with zero attached hydrogens (tertiary/aromatic N) is 2. The maximum Gasteiger partial charge on any atom is 0.238 e. The predicted molar refractivity (Wildman–Crippen MR) is 76.1 cm³/mol. The molecule has 1 aromatic rings. The number of carbonyl (C=O) groups is 1. The molecule has 1 amide bonds. The Bertz CT molecular complexity index is 506. The van der Waals surface area contributed by atoms with E-state index in [4.69, 9.17) is 10.4 Å². The van der Waals surface area contributed by atoms with Crippen molar-refractivity contribution in [1.82, 2.24) is 4.90 Å². The van der Waals surface area contributed by atoms with Crippen LogP contribution in [0.5, 0.6) is 0 Å². The molecule has 1 aliphatic rings. The van der Waals surface area contributed by atoms with E-state index in [0.29, 0.717) is 23.8 Å². The summed E-state index contributed by atoms with van der Waals surface area (Å²) >= 11 is 0. The molecule has 0 spiro atoms. The van der Waals surface area contributed by atoms with E-state index in [1.165, 1.54) is 6.42 Å². The van der Waals surface area contributed by atoms with Crippen LogP contribution < -0.4 is 5.32 Å². The largest absolute Gasteiger partial charge is 0.395 e. The van der Waals surface area contributed by atoms with Gasteiger partial charge in [-0.25, -0.2) is 0 Å². The maximum absolute atomic E-state index is 12.1. The fourth-order valence-electron chi connectivity index (χ4n) is 2.33. The fourth-order valence-corrected chi connectivity index (χ4v) is 2.33. The van der Waals surface area contributed by atoms with Gasteiger partial charge in [-0.15, -0.1) is 0 Å². The van der Waals surface area contributed by atoms with Gasteiger partial charge in [0.1, 0.15) is 6.07 Å². The van der Waals surface area contributed by atoms with Crippen LogP contribution in [0.25, 0.3) is 0 Å². The van der Waals surface area contributed by atoms with Gasteiger partial charge in [-0.1, -0.05) is 18.6 Å². The van der Waals surface area contributed by atoms with Gasteiger partial charge < -0.3 is 10.4 Å². The molecule has 5 nitrogen and oxygen atoms in total. The van der Waals surface area contributed by atoms with Crippen molar-refractivity contribution < 1.29 is 9.90 Å². The van der Waals surface area contributed by atoms with Crippen LogP contribution in [0.4, 0.5) is 5.69 Å². The number of benzene rings is 1. The average Bonchev–Trinajstić information content (AvgIpc) is 2.37. The second-order valence-electron chi connectivity index (χ2n) is 4.98. The number of hydrogen-bond donors (Lipinski definition) is 2. The highest BCUT2D eigenvalue weighted by molar-refractivity contribution is 5.93. The zero-order chi connectivity index (χ0) is 14.4. The summed E-state index contributed by atoms with van der Waals surface area (Å²) in [6, 6.07) is 9.40. The molecule has 0 aliphatic heterocycles. The molecule has 1 saturated carbocycles. The Morgan fingerprint density at radius 1 is 1.45 bits per heavy atom. The van der Waals surface area contributed by atoms with Crippen LogP contribution in [0.1, 0.15) is 24.8 Å². The third-order valence-corrected chi connectivity index (χ3v) is 3.65. The van der Waals surface area contributed by atoms with Crippen LogP contribution in [-0.2, 0) is 4.79 Å². The van der Waals surface area contributed by atoms with Crippen LogP contribution in [0, 0.1) is 11.3 Å². The van der Waals surface area contributed by atoms with Gasteiger partial charge in [-0.2, -0.15) is 5.26 Å². The number of nitrogens with one attached hydrogen (secondary N) is 1. The minimum atomic E-state index is -0.145. The van der Waals surface area contributed by atoms with E-state index in [1.807, 2.05) is 4.90 Å². The lowest BCUT2D eigenvalue weighted by Gasteiger charge is -2.36. The summed E-state index contributed by atoms with van der Waals surface area (Å²) in [6.45, 7) is 0.821. The zero-order valence-corrected chi connectivity index (χ0v) is 11.4. The summed E-state index contributed by atoms with van der Waals surface area (Å²) in [5.41, 5.74) is 0.996. The molecular formula is C15H19N3O2. The van der Waals surface area contributed by atoms with E-state index in [-0.39, 0.29) is 19.1 Å². The van der Waals surface area contributed by atoms with Crippen LogP contribution in [0.2, 0.25) is 0 Å². The first-order chi connectivity index (χ1) is 9.74. The molecular weight excluding hydrogens is 254 g/mol. The first kappa shape index (κ1) is 14.5. The highest BCUT2D eigenvalue weighted by Crippen LogP contribution is 2.24. The molecule has 0 heterocycles. The van der Waals surface area contributed by atoms with Crippen molar-refractivity contribution in [3.8, 4) is 6.07 Å². The van der Waals surface area contributed by atoms with Crippen LogP contribution in [-0.4, -0.2) is 41.7 Å².